The number of ether oxygens (including phenoxy) is 1. The molecule has 2 aromatic carbocycles. The number of nitrogens with two attached hydrogens (primary N) is 1. The smallest absolute Gasteiger partial charge is 0.150 e. The summed E-state index contributed by atoms with van der Waals surface area (Å²) in [6.07, 6.45) is 6.04. The number of aromatic nitrogens is 1. The quantitative estimate of drug-likeness (QED) is 0.392. The molecule has 0 spiro atoms. The molecule has 2 heterocycles. The van der Waals surface area contributed by atoms with Crippen molar-refractivity contribution in [2.75, 3.05) is 13.2 Å². The van der Waals surface area contributed by atoms with Crippen LogP contribution < -0.4 is 5.73 Å². The van der Waals surface area contributed by atoms with E-state index in [4.69, 9.17) is 15.6 Å². The molecule has 0 aliphatic carbocycles. The van der Waals surface area contributed by atoms with Gasteiger partial charge in [-0.05, 0) is 48.2 Å². The van der Waals surface area contributed by atoms with E-state index in [-0.39, 0.29) is 6.61 Å². The van der Waals surface area contributed by atoms with Gasteiger partial charge in [-0.2, -0.15) is 0 Å². The Kier molecular flexibility index (Phi) is 10.2. The Morgan fingerprint density at radius 1 is 1.13 bits per heavy atom. The van der Waals surface area contributed by atoms with Crippen LogP contribution in [0.2, 0.25) is 0 Å². The van der Waals surface area contributed by atoms with Crippen molar-refractivity contribution in [2.24, 2.45) is 10.7 Å². The summed E-state index contributed by atoms with van der Waals surface area (Å²) in [5, 5.41) is 10.8. The Hall–Kier alpha value is -3.09. The third kappa shape index (κ3) is 8.11. The average molecular weight is 408 g/mol. The lowest BCUT2D eigenvalue weighted by molar-refractivity contribution is 0.0872. The van der Waals surface area contributed by atoms with E-state index in [0.29, 0.717) is 6.04 Å². The largest absolute Gasteiger partial charge is 0.390 e. The first-order valence-electron chi connectivity index (χ1n) is 9.93. The van der Waals surface area contributed by atoms with Crippen molar-refractivity contribution >= 4 is 23.4 Å². The van der Waals surface area contributed by atoms with Crippen LogP contribution in [-0.4, -0.2) is 42.0 Å². The number of aliphatic imine (C=N–C) groups is 1. The fourth-order valence-corrected chi connectivity index (χ4v) is 2.83. The maximum Gasteiger partial charge on any atom is 0.150 e. The number of hydrogen-bond donors (Lipinski definition) is 2. The third-order valence-corrected chi connectivity index (χ3v) is 4.53. The number of rotatable bonds is 3. The lowest BCUT2D eigenvalue weighted by atomic mass is 10.1. The average Bonchev–Trinajstić information content (AvgIpc) is 2.81. The van der Waals surface area contributed by atoms with E-state index in [1.807, 2.05) is 61.5 Å². The van der Waals surface area contributed by atoms with Gasteiger partial charge >= 0.3 is 0 Å². The summed E-state index contributed by atoms with van der Waals surface area (Å²) < 4.78 is 5.13. The maximum atomic E-state index is 10.5. The number of nitrogens with zero attached hydrogens (tertiary/aromatic N) is 2. The number of pyridine rings is 1. The summed E-state index contributed by atoms with van der Waals surface area (Å²) in [6, 6.07) is 17.8. The zero-order valence-corrected chi connectivity index (χ0v) is 17.3. The minimum Gasteiger partial charge on any atom is -0.390 e. The summed E-state index contributed by atoms with van der Waals surface area (Å²) >= 11 is 0. The molecule has 0 bridgehead atoms. The molecule has 1 aliphatic heterocycles. The predicted octanol–water partition coefficient (Wildman–Crippen LogP) is 3.69. The molecule has 1 aromatic heterocycles. The van der Waals surface area contributed by atoms with Gasteiger partial charge in [-0.1, -0.05) is 42.5 Å². The molecule has 158 valence electrons. The van der Waals surface area contributed by atoms with Crippen molar-refractivity contribution in [3.05, 3.63) is 77.6 Å². The van der Waals surface area contributed by atoms with Gasteiger partial charge in [0.1, 0.15) is 6.29 Å². The second kappa shape index (κ2) is 13.2. The number of aryl methyl sites for hydroxylation is 1. The third-order valence-electron chi connectivity index (χ3n) is 4.53. The monoisotopic (exact) mass is 407 g/mol. The molecule has 3 N–H and O–H groups in total. The van der Waals surface area contributed by atoms with Crippen LogP contribution in [0.4, 0.5) is 0 Å². The minimum atomic E-state index is 0.0281. The normalized spacial score (nSPS) is 13.8. The van der Waals surface area contributed by atoms with Crippen molar-refractivity contribution in [3.8, 4) is 0 Å². The van der Waals surface area contributed by atoms with E-state index < -0.39 is 0 Å². The second-order valence-electron chi connectivity index (χ2n) is 6.85. The van der Waals surface area contributed by atoms with Crippen molar-refractivity contribution in [2.45, 2.75) is 32.4 Å². The number of carbonyl (C=O) groups excluding carboxylic acids is 1. The Morgan fingerprint density at radius 2 is 1.87 bits per heavy atom. The molecular weight excluding hydrogens is 378 g/mol. The molecule has 0 radical (unpaired) electrons. The van der Waals surface area contributed by atoms with Gasteiger partial charge in [0.05, 0.1) is 24.7 Å². The van der Waals surface area contributed by atoms with Gasteiger partial charge in [-0.25, -0.2) is 0 Å². The zero-order valence-electron chi connectivity index (χ0n) is 17.3. The summed E-state index contributed by atoms with van der Waals surface area (Å²) in [6.45, 7) is 3.67. The zero-order chi connectivity index (χ0) is 21.6. The highest BCUT2D eigenvalue weighted by atomic mass is 16.5. The molecule has 6 nitrogen and oxygen atoms in total. The van der Waals surface area contributed by atoms with Gasteiger partial charge in [-0.3, -0.25) is 14.8 Å². The number of carbonyl (C=O) groups is 1. The van der Waals surface area contributed by atoms with Crippen LogP contribution in [0, 0.1) is 6.92 Å². The highest BCUT2D eigenvalue weighted by Gasteiger charge is 2.10. The van der Waals surface area contributed by atoms with Gasteiger partial charge in [0.15, 0.2) is 0 Å². The topological polar surface area (TPSA) is 97.8 Å². The van der Waals surface area contributed by atoms with Crippen LogP contribution in [-0.2, 0) is 11.3 Å². The molecule has 6 heteroatoms. The van der Waals surface area contributed by atoms with Crippen LogP contribution in [0.15, 0.2) is 65.8 Å². The predicted molar refractivity (Wildman–Crippen MR) is 121 cm³/mol. The molecule has 1 aliphatic rings. The molecule has 0 unspecified atom stereocenters. The molecule has 1 saturated heterocycles. The Balaban J connectivity index is 0.000000163. The summed E-state index contributed by atoms with van der Waals surface area (Å²) in [7, 11) is 0. The number of hydrogen-bond acceptors (Lipinski definition) is 5. The van der Waals surface area contributed by atoms with E-state index in [0.717, 1.165) is 54.5 Å². The fourth-order valence-electron chi connectivity index (χ4n) is 2.83. The van der Waals surface area contributed by atoms with Crippen molar-refractivity contribution in [3.63, 3.8) is 0 Å². The Bertz CT molecular complexity index is 920. The molecule has 4 rings (SSSR count). The van der Waals surface area contributed by atoms with Crippen LogP contribution in [0.5, 0.6) is 0 Å². The standard InChI is InChI=1S/C11H8O.C7H9NO.C6H12N2O/c12-8-9-5-6-10-3-1-2-4-11(10)7-9;1-6-2-3-7(5-9)8-4-6;7-5-8-6-1-3-9-4-2-6/h1-8H;2-4,9H,5H2,1H3;5-6H,1-4H2,(H2,7,8). The Morgan fingerprint density at radius 3 is 2.47 bits per heavy atom. The maximum absolute atomic E-state index is 10.5. The van der Waals surface area contributed by atoms with E-state index in [1.54, 1.807) is 6.20 Å². The van der Waals surface area contributed by atoms with E-state index in [2.05, 4.69) is 9.98 Å². The lowest BCUT2D eigenvalue weighted by Gasteiger charge is -2.17. The Labute approximate surface area is 177 Å². The molecular formula is C24H29N3O3. The summed E-state index contributed by atoms with van der Waals surface area (Å²) in [4.78, 5) is 18.5. The summed E-state index contributed by atoms with van der Waals surface area (Å²) in [5.41, 5.74) is 7.70. The van der Waals surface area contributed by atoms with Crippen LogP contribution >= 0.6 is 0 Å². The minimum absolute atomic E-state index is 0.0281. The molecule has 0 amide bonds. The van der Waals surface area contributed by atoms with E-state index in [1.165, 1.54) is 11.7 Å². The van der Waals surface area contributed by atoms with E-state index >= 15 is 0 Å². The van der Waals surface area contributed by atoms with Gasteiger partial charge in [0, 0.05) is 25.0 Å². The number of benzene rings is 2. The van der Waals surface area contributed by atoms with Crippen LogP contribution in [0.3, 0.4) is 0 Å². The number of aliphatic hydroxyl groups is 1. The van der Waals surface area contributed by atoms with Crippen LogP contribution in [0.25, 0.3) is 10.8 Å². The molecule has 30 heavy (non-hydrogen) atoms. The highest BCUT2D eigenvalue weighted by molar-refractivity contribution is 5.88. The first kappa shape index (κ1) is 23.2. The van der Waals surface area contributed by atoms with Crippen molar-refractivity contribution in [1.29, 1.82) is 0 Å². The number of fused-ring (bicyclic) bond motifs is 1. The first-order valence-corrected chi connectivity index (χ1v) is 9.93. The molecule has 3 aromatic rings. The van der Waals surface area contributed by atoms with Crippen molar-refractivity contribution < 1.29 is 14.6 Å². The van der Waals surface area contributed by atoms with Crippen LogP contribution in [0.1, 0.15) is 34.5 Å². The fraction of sp³-hybridized carbons (Fsp3) is 0.292. The van der Waals surface area contributed by atoms with Gasteiger partial charge < -0.3 is 15.6 Å². The van der Waals surface area contributed by atoms with Crippen molar-refractivity contribution in [1.82, 2.24) is 4.98 Å². The highest BCUT2D eigenvalue weighted by Crippen LogP contribution is 2.14. The van der Waals surface area contributed by atoms with E-state index in [9.17, 15) is 4.79 Å². The van der Waals surface area contributed by atoms with Gasteiger partial charge in [0.25, 0.3) is 0 Å². The SMILES string of the molecule is Cc1ccc(CO)nc1.NC=NC1CCOCC1.O=Cc1ccc2ccccc2c1. The van der Waals surface area contributed by atoms with Gasteiger partial charge in [0.2, 0.25) is 0 Å². The number of aldehydes is 1. The molecule has 1 fully saturated rings. The van der Waals surface area contributed by atoms with Gasteiger partial charge in [-0.15, -0.1) is 0 Å². The lowest BCUT2D eigenvalue weighted by Crippen LogP contribution is -2.19. The molecule has 0 saturated carbocycles. The summed E-state index contributed by atoms with van der Waals surface area (Å²) in [5.74, 6) is 0. The second-order valence-corrected chi connectivity index (χ2v) is 6.85. The first-order chi connectivity index (χ1) is 14.7. The number of aliphatic hydroxyl groups excluding tert-OH is 1. The molecule has 0 atom stereocenters.